The van der Waals surface area contributed by atoms with Gasteiger partial charge in [0.2, 0.25) is 5.91 Å². The third-order valence-electron chi connectivity index (χ3n) is 2.43. The van der Waals surface area contributed by atoms with Gasteiger partial charge < -0.3 is 5.32 Å². The highest BCUT2D eigenvalue weighted by Gasteiger charge is 2.34. The van der Waals surface area contributed by atoms with E-state index < -0.39 is 17.6 Å². The number of alkyl halides is 3. The predicted molar refractivity (Wildman–Crippen MR) is 67.3 cm³/mol. The maximum Gasteiger partial charge on any atom is 0.418 e. The molecule has 0 atom stereocenters. The zero-order valence-electron chi connectivity index (χ0n) is 9.99. The quantitative estimate of drug-likeness (QED) is 0.946. The van der Waals surface area contributed by atoms with Crippen LogP contribution in [-0.2, 0) is 17.5 Å². The Morgan fingerprint density at radius 1 is 1.40 bits per heavy atom. The molecule has 1 amide bonds. The van der Waals surface area contributed by atoms with Crippen LogP contribution in [0.4, 0.5) is 18.9 Å². The van der Waals surface area contributed by atoms with Gasteiger partial charge in [-0.1, -0.05) is 11.6 Å². The van der Waals surface area contributed by atoms with Gasteiger partial charge in [-0.2, -0.15) is 18.3 Å². The molecule has 2 aromatic rings. The maximum absolute atomic E-state index is 12.8. The lowest BCUT2D eigenvalue weighted by atomic mass is 10.1. The minimum atomic E-state index is -4.60. The van der Waals surface area contributed by atoms with E-state index in [-0.39, 0.29) is 17.3 Å². The third-order valence-corrected chi connectivity index (χ3v) is 2.66. The van der Waals surface area contributed by atoms with Gasteiger partial charge in [0.25, 0.3) is 0 Å². The Morgan fingerprint density at radius 3 is 2.75 bits per heavy atom. The van der Waals surface area contributed by atoms with E-state index in [1.165, 1.54) is 23.1 Å². The molecule has 0 aliphatic rings. The topological polar surface area (TPSA) is 46.9 Å². The molecule has 0 radical (unpaired) electrons. The van der Waals surface area contributed by atoms with Crippen LogP contribution < -0.4 is 5.32 Å². The molecular formula is C12H9ClF3N3O. The van der Waals surface area contributed by atoms with E-state index in [9.17, 15) is 18.0 Å². The Kier molecular flexibility index (Phi) is 3.99. The molecule has 0 unspecified atom stereocenters. The first-order chi connectivity index (χ1) is 9.36. The largest absolute Gasteiger partial charge is 0.418 e. The van der Waals surface area contributed by atoms with Crippen LogP contribution in [-0.4, -0.2) is 15.7 Å². The van der Waals surface area contributed by atoms with Gasteiger partial charge in [0.15, 0.2) is 0 Å². The van der Waals surface area contributed by atoms with Gasteiger partial charge in [-0.05, 0) is 24.3 Å². The van der Waals surface area contributed by atoms with Crippen LogP contribution >= 0.6 is 11.6 Å². The summed E-state index contributed by atoms with van der Waals surface area (Å²) in [5.74, 6) is -0.610. The normalized spacial score (nSPS) is 11.4. The van der Waals surface area contributed by atoms with E-state index >= 15 is 0 Å². The second-order valence-electron chi connectivity index (χ2n) is 3.94. The number of carbonyl (C=O) groups excluding carboxylic acids is 1. The Labute approximate surface area is 117 Å². The van der Waals surface area contributed by atoms with E-state index in [0.29, 0.717) is 0 Å². The number of benzene rings is 1. The number of hydrogen-bond acceptors (Lipinski definition) is 2. The van der Waals surface area contributed by atoms with Crippen molar-refractivity contribution in [2.45, 2.75) is 12.7 Å². The number of hydrogen-bond donors (Lipinski definition) is 1. The molecule has 0 bridgehead atoms. The van der Waals surface area contributed by atoms with Crippen molar-refractivity contribution >= 4 is 23.2 Å². The van der Waals surface area contributed by atoms with E-state index in [1.54, 1.807) is 6.07 Å². The molecule has 20 heavy (non-hydrogen) atoms. The molecule has 0 fully saturated rings. The van der Waals surface area contributed by atoms with Crippen LogP contribution in [0.1, 0.15) is 5.56 Å². The first-order valence-corrected chi connectivity index (χ1v) is 5.88. The number of anilines is 1. The highest BCUT2D eigenvalue weighted by molar-refractivity contribution is 6.30. The average Bonchev–Trinajstić information content (AvgIpc) is 2.82. The highest BCUT2D eigenvalue weighted by atomic mass is 35.5. The summed E-state index contributed by atoms with van der Waals surface area (Å²) in [6.07, 6.45) is -1.60. The van der Waals surface area contributed by atoms with E-state index in [4.69, 9.17) is 11.6 Å². The Balaban J connectivity index is 2.19. The Morgan fingerprint density at radius 2 is 2.15 bits per heavy atom. The van der Waals surface area contributed by atoms with Gasteiger partial charge in [0.05, 0.1) is 11.3 Å². The smallest absolute Gasteiger partial charge is 0.324 e. The van der Waals surface area contributed by atoms with Crippen LogP contribution in [0, 0.1) is 0 Å². The highest BCUT2D eigenvalue weighted by Crippen LogP contribution is 2.36. The lowest BCUT2D eigenvalue weighted by Crippen LogP contribution is -2.21. The van der Waals surface area contributed by atoms with Gasteiger partial charge in [0.1, 0.15) is 6.54 Å². The molecule has 4 nitrogen and oxygen atoms in total. The summed E-state index contributed by atoms with van der Waals surface area (Å²) in [6.45, 7) is -0.174. The number of amides is 1. The van der Waals surface area contributed by atoms with Crippen molar-refractivity contribution in [2.75, 3.05) is 5.32 Å². The van der Waals surface area contributed by atoms with E-state index in [2.05, 4.69) is 10.4 Å². The van der Waals surface area contributed by atoms with Crippen LogP contribution in [0.5, 0.6) is 0 Å². The van der Waals surface area contributed by atoms with E-state index in [1.807, 2.05) is 0 Å². The summed E-state index contributed by atoms with van der Waals surface area (Å²) in [5.41, 5.74) is -1.32. The van der Waals surface area contributed by atoms with Crippen LogP contribution in [0.3, 0.4) is 0 Å². The molecule has 0 spiro atoms. The molecule has 2 rings (SSSR count). The van der Waals surface area contributed by atoms with Crippen molar-refractivity contribution in [1.29, 1.82) is 0 Å². The Hall–Kier alpha value is -2.02. The summed E-state index contributed by atoms with van der Waals surface area (Å²) in [7, 11) is 0. The van der Waals surface area contributed by atoms with Crippen molar-refractivity contribution in [3.63, 3.8) is 0 Å². The maximum atomic E-state index is 12.8. The van der Waals surface area contributed by atoms with Crippen LogP contribution in [0.2, 0.25) is 5.02 Å². The fraction of sp³-hybridized carbons (Fsp3) is 0.167. The minimum Gasteiger partial charge on any atom is -0.324 e. The number of halogens is 4. The molecular weight excluding hydrogens is 295 g/mol. The zero-order chi connectivity index (χ0) is 14.8. The van der Waals surface area contributed by atoms with Gasteiger partial charge in [-0.15, -0.1) is 0 Å². The number of rotatable bonds is 3. The second kappa shape index (κ2) is 5.54. The first-order valence-electron chi connectivity index (χ1n) is 5.50. The monoisotopic (exact) mass is 303 g/mol. The summed E-state index contributed by atoms with van der Waals surface area (Å²) in [4.78, 5) is 11.7. The minimum absolute atomic E-state index is 0.0533. The lowest BCUT2D eigenvalue weighted by Gasteiger charge is -2.14. The van der Waals surface area contributed by atoms with Crippen molar-refractivity contribution in [3.8, 4) is 0 Å². The van der Waals surface area contributed by atoms with Crippen LogP contribution in [0.15, 0.2) is 36.7 Å². The molecule has 1 aromatic heterocycles. The molecule has 0 aliphatic heterocycles. The number of nitrogens with one attached hydrogen (secondary N) is 1. The molecule has 0 saturated heterocycles. The fourth-order valence-corrected chi connectivity index (χ4v) is 1.76. The third kappa shape index (κ3) is 3.51. The number of carbonyl (C=O) groups is 1. The Bertz CT molecular complexity index is 611. The van der Waals surface area contributed by atoms with Crippen LogP contribution in [0.25, 0.3) is 0 Å². The molecule has 1 aromatic carbocycles. The van der Waals surface area contributed by atoms with Crippen molar-refractivity contribution < 1.29 is 18.0 Å². The van der Waals surface area contributed by atoms with Gasteiger partial charge in [-0.3, -0.25) is 9.48 Å². The number of nitrogens with zero attached hydrogens (tertiary/aromatic N) is 2. The molecule has 0 saturated carbocycles. The standard InChI is InChI=1S/C12H9ClF3N3O/c13-8-2-3-10(9(6-8)12(14,15)16)18-11(20)7-19-5-1-4-17-19/h1-6H,7H2,(H,18,20). The summed E-state index contributed by atoms with van der Waals surface area (Å²) >= 11 is 5.55. The zero-order valence-corrected chi connectivity index (χ0v) is 10.7. The average molecular weight is 304 g/mol. The van der Waals surface area contributed by atoms with Crippen molar-refractivity contribution in [2.24, 2.45) is 0 Å². The van der Waals surface area contributed by atoms with Crippen molar-refractivity contribution in [1.82, 2.24) is 9.78 Å². The molecule has 0 aliphatic carbocycles. The fourth-order valence-electron chi connectivity index (χ4n) is 1.59. The molecule has 1 heterocycles. The number of aromatic nitrogens is 2. The molecule has 8 heteroatoms. The summed E-state index contributed by atoms with van der Waals surface area (Å²) in [5, 5.41) is 5.95. The predicted octanol–water partition coefficient (Wildman–Crippen LogP) is 3.19. The second-order valence-corrected chi connectivity index (χ2v) is 4.38. The SMILES string of the molecule is O=C(Cn1cccn1)Nc1ccc(Cl)cc1C(F)(F)F. The summed E-state index contributed by atoms with van der Waals surface area (Å²) in [6, 6.07) is 4.77. The molecule has 1 N–H and O–H groups in total. The van der Waals surface area contributed by atoms with Gasteiger partial charge >= 0.3 is 6.18 Å². The lowest BCUT2D eigenvalue weighted by molar-refractivity contribution is -0.137. The summed E-state index contributed by atoms with van der Waals surface area (Å²) < 4.78 is 39.8. The first kappa shape index (κ1) is 14.4. The van der Waals surface area contributed by atoms with Gasteiger partial charge in [-0.25, -0.2) is 0 Å². The van der Waals surface area contributed by atoms with Gasteiger partial charge in [0, 0.05) is 17.4 Å². The van der Waals surface area contributed by atoms with E-state index in [0.717, 1.165) is 12.1 Å². The molecule has 106 valence electrons. The van der Waals surface area contributed by atoms with Crippen molar-refractivity contribution in [3.05, 3.63) is 47.2 Å².